The molecule has 0 aliphatic carbocycles. The minimum absolute atomic E-state index is 0.0474. The van der Waals surface area contributed by atoms with Crippen LogP contribution in [0.2, 0.25) is 0 Å². The van der Waals surface area contributed by atoms with Gasteiger partial charge in [0.1, 0.15) is 12.4 Å². The first-order chi connectivity index (χ1) is 15.5. The summed E-state index contributed by atoms with van der Waals surface area (Å²) in [6.07, 6.45) is 2.09. The Kier molecular flexibility index (Phi) is 8.92. The maximum absolute atomic E-state index is 12.8. The molecule has 0 atom stereocenters. The summed E-state index contributed by atoms with van der Waals surface area (Å²) >= 11 is 0. The van der Waals surface area contributed by atoms with E-state index in [-0.39, 0.29) is 18.4 Å². The molecule has 7 nitrogen and oxygen atoms in total. The van der Waals surface area contributed by atoms with Crippen LogP contribution in [0.15, 0.2) is 48.5 Å². The van der Waals surface area contributed by atoms with Crippen molar-refractivity contribution in [2.75, 3.05) is 50.1 Å². The van der Waals surface area contributed by atoms with Crippen molar-refractivity contribution in [1.82, 2.24) is 4.90 Å². The van der Waals surface area contributed by atoms with Crippen molar-refractivity contribution in [3.8, 4) is 5.75 Å². The summed E-state index contributed by atoms with van der Waals surface area (Å²) in [4.78, 5) is 27.1. The molecule has 1 aliphatic rings. The fraction of sp³-hybridized carbons (Fsp3) is 0.440. The maximum atomic E-state index is 12.8. The summed E-state index contributed by atoms with van der Waals surface area (Å²) < 4.78 is 10.9. The predicted molar refractivity (Wildman–Crippen MR) is 126 cm³/mol. The highest BCUT2D eigenvalue weighted by molar-refractivity contribution is 5.96. The Hall–Kier alpha value is -3.06. The number of anilines is 2. The van der Waals surface area contributed by atoms with Gasteiger partial charge >= 0.3 is 0 Å². The molecule has 2 aromatic rings. The number of amides is 2. The highest BCUT2D eigenvalue weighted by Gasteiger charge is 2.21. The van der Waals surface area contributed by atoms with E-state index in [4.69, 9.17) is 9.47 Å². The van der Waals surface area contributed by atoms with Crippen LogP contribution in [0.1, 0.15) is 37.0 Å². The highest BCUT2D eigenvalue weighted by Crippen LogP contribution is 2.20. The van der Waals surface area contributed by atoms with E-state index in [2.05, 4.69) is 17.6 Å². The molecule has 2 aromatic carbocycles. The van der Waals surface area contributed by atoms with Crippen molar-refractivity contribution in [2.45, 2.75) is 26.7 Å². The van der Waals surface area contributed by atoms with Crippen LogP contribution in [0.4, 0.5) is 11.4 Å². The van der Waals surface area contributed by atoms with Crippen LogP contribution in [0.3, 0.4) is 0 Å². The molecule has 1 saturated heterocycles. The molecular weight excluding hydrogens is 406 g/mol. The van der Waals surface area contributed by atoms with Gasteiger partial charge in [-0.3, -0.25) is 9.59 Å². The van der Waals surface area contributed by atoms with Crippen molar-refractivity contribution in [3.05, 3.63) is 54.1 Å². The van der Waals surface area contributed by atoms with E-state index < -0.39 is 0 Å². The standard InChI is InChI=1S/C25H33N3O4/c1-3-31-14-15-32-23-9-5-8-22(17-23)27-24(29)18-26-21-7-4-6-20(16-21)25(30)28-12-10-19(2)11-13-28/h4-9,16-17,19,26H,3,10-15,18H2,1-2H3,(H,27,29). The number of benzene rings is 2. The van der Waals surface area contributed by atoms with Crippen LogP contribution in [0.25, 0.3) is 0 Å². The van der Waals surface area contributed by atoms with Gasteiger partial charge in [0, 0.05) is 42.7 Å². The van der Waals surface area contributed by atoms with Crippen molar-refractivity contribution in [2.24, 2.45) is 5.92 Å². The van der Waals surface area contributed by atoms with E-state index in [9.17, 15) is 9.59 Å². The molecule has 0 unspecified atom stereocenters. The van der Waals surface area contributed by atoms with Gasteiger partial charge in [0.05, 0.1) is 13.2 Å². The monoisotopic (exact) mass is 439 g/mol. The van der Waals surface area contributed by atoms with E-state index >= 15 is 0 Å². The normalized spacial score (nSPS) is 14.1. The van der Waals surface area contributed by atoms with Crippen molar-refractivity contribution >= 4 is 23.2 Å². The largest absolute Gasteiger partial charge is 0.491 e. The average molecular weight is 440 g/mol. The number of ether oxygens (including phenoxy) is 2. The third-order valence-electron chi connectivity index (χ3n) is 5.45. The van der Waals surface area contributed by atoms with Gasteiger partial charge in [-0.15, -0.1) is 0 Å². The van der Waals surface area contributed by atoms with Gasteiger partial charge in [-0.2, -0.15) is 0 Å². The zero-order valence-electron chi connectivity index (χ0n) is 18.9. The Labute approximate surface area is 190 Å². The Balaban J connectivity index is 1.49. The van der Waals surface area contributed by atoms with Gasteiger partial charge in [-0.25, -0.2) is 0 Å². The summed E-state index contributed by atoms with van der Waals surface area (Å²) in [5, 5.41) is 5.96. The second-order valence-corrected chi connectivity index (χ2v) is 8.03. The van der Waals surface area contributed by atoms with Gasteiger partial charge in [0.15, 0.2) is 0 Å². The Morgan fingerprint density at radius 2 is 1.78 bits per heavy atom. The molecule has 32 heavy (non-hydrogen) atoms. The topological polar surface area (TPSA) is 79.9 Å². The smallest absolute Gasteiger partial charge is 0.253 e. The number of nitrogens with zero attached hydrogens (tertiary/aromatic N) is 1. The van der Waals surface area contributed by atoms with Crippen molar-refractivity contribution in [1.29, 1.82) is 0 Å². The van der Waals surface area contributed by atoms with Crippen LogP contribution in [-0.2, 0) is 9.53 Å². The van der Waals surface area contributed by atoms with Crippen LogP contribution in [0, 0.1) is 5.92 Å². The molecule has 7 heteroatoms. The number of hydrogen-bond donors (Lipinski definition) is 2. The predicted octanol–water partition coefficient (Wildman–Crippen LogP) is 4.02. The molecule has 1 aliphatic heterocycles. The number of carbonyl (C=O) groups excluding carboxylic acids is 2. The van der Waals surface area contributed by atoms with E-state index in [1.165, 1.54) is 0 Å². The van der Waals surface area contributed by atoms with Crippen molar-refractivity contribution < 1.29 is 19.1 Å². The van der Waals surface area contributed by atoms with Crippen LogP contribution >= 0.6 is 0 Å². The number of nitrogens with one attached hydrogen (secondary N) is 2. The summed E-state index contributed by atoms with van der Waals surface area (Å²) in [5.41, 5.74) is 2.04. The third-order valence-corrected chi connectivity index (χ3v) is 5.45. The van der Waals surface area contributed by atoms with Gasteiger partial charge < -0.3 is 25.0 Å². The SMILES string of the molecule is CCOCCOc1cccc(NC(=O)CNc2cccc(C(=O)N3CCC(C)CC3)c2)c1. The molecule has 1 fully saturated rings. The van der Waals surface area contributed by atoms with E-state index in [1.807, 2.05) is 48.2 Å². The summed E-state index contributed by atoms with van der Waals surface area (Å²) in [6.45, 7) is 7.49. The molecule has 1 heterocycles. The van der Waals surface area contributed by atoms with Gasteiger partial charge in [-0.1, -0.05) is 19.1 Å². The number of hydrogen-bond acceptors (Lipinski definition) is 5. The third kappa shape index (κ3) is 7.27. The second kappa shape index (κ2) is 12.1. The van der Waals surface area contributed by atoms with Crippen molar-refractivity contribution in [3.63, 3.8) is 0 Å². The fourth-order valence-corrected chi connectivity index (χ4v) is 3.57. The molecule has 0 bridgehead atoms. The molecule has 2 N–H and O–H groups in total. The van der Waals surface area contributed by atoms with E-state index in [1.54, 1.807) is 12.1 Å². The molecule has 0 radical (unpaired) electrons. The zero-order chi connectivity index (χ0) is 22.8. The minimum atomic E-state index is -0.182. The quantitative estimate of drug-likeness (QED) is 0.547. The molecular formula is C25H33N3O4. The molecule has 172 valence electrons. The van der Waals surface area contributed by atoms with Crippen LogP contribution in [0.5, 0.6) is 5.75 Å². The van der Waals surface area contributed by atoms with Gasteiger partial charge in [0.2, 0.25) is 5.91 Å². The highest BCUT2D eigenvalue weighted by atomic mass is 16.5. The summed E-state index contributed by atoms with van der Waals surface area (Å²) in [7, 11) is 0. The van der Waals surface area contributed by atoms with Gasteiger partial charge in [0.25, 0.3) is 5.91 Å². The maximum Gasteiger partial charge on any atom is 0.253 e. The lowest BCUT2D eigenvalue weighted by atomic mass is 9.98. The number of carbonyl (C=O) groups is 2. The van der Waals surface area contributed by atoms with E-state index in [0.29, 0.717) is 42.7 Å². The average Bonchev–Trinajstić information content (AvgIpc) is 2.81. The molecule has 3 rings (SSSR count). The Morgan fingerprint density at radius 1 is 1.03 bits per heavy atom. The number of piperidine rings is 1. The first kappa shape index (κ1) is 23.6. The first-order valence-corrected chi connectivity index (χ1v) is 11.3. The zero-order valence-corrected chi connectivity index (χ0v) is 18.9. The lowest BCUT2D eigenvalue weighted by Crippen LogP contribution is -2.37. The molecule has 2 amide bonds. The Morgan fingerprint density at radius 3 is 2.56 bits per heavy atom. The molecule has 0 saturated carbocycles. The Bertz CT molecular complexity index is 894. The number of likely N-dealkylation sites (tertiary alicyclic amines) is 1. The first-order valence-electron chi connectivity index (χ1n) is 11.3. The summed E-state index contributed by atoms with van der Waals surface area (Å²) in [6, 6.07) is 14.6. The lowest BCUT2D eigenvalue weighted by molar-refractivity contribution is -0.114. The summed E-state index contributed by atoms with van der Waals surface area (Å²) in [5.74, 6) is 1.21. The van der Waals surface area contributed by atoms with Crippen LogP contribution in [-0.4, -0.2) is 56.2 Å². The van der Waals surface area contributed by atoms with Gasteiger partial charge in [-0.05, 0) is 56.0 Å². The lowest BCUT2D eigenvalue weighted by Gasteiger charge is -2.30. The van der Waals surface area contributed by atoms with E-state index in [0.717, 1.165) is 31.6 Å². The minimum Gasteiger partial charge on any atom is -0.491 e. The number of rotatable bonds is 10. The van der Waals surface area contributed by atoms with Crippen LogP contribution < -0.4 is 15.4 Å². The molecule has 0 spiro atoms. The molecule has 0 aromatic heterocycles. The second-order valence-electron chi connectivity index (χ2n) is 8.03. The fourth-order valence-electron chi connectivity index (χ4n) is 3.57.